The normalized spacial score (nSPS) is 17.5. The van der Waals surface area contributed by atoms with Crippen LogP contribution in [0.2, 0.25) is 0 Å². The molecule has 0 radical (unpaired) electrons. The number of hydrogen-bond acceptors (Lipinski definition) is 6. The first-order chi connectivity index (χ1) is 14.0. The number of piperidine rings is 1. The first-order valence-electron chi connectivity index (χ1n) is 9.62. The van der Waals surface area contributed by atoms with Crippen molar-refractivity contribution >= 4 is 23.6 Å². The lowest BCUT2D eigenvalue weighted by molar-refractivity contribution is -0.148. The summed E-state index contributed by atoms with van der Waals surface area (Å²) in [7, 11) is 4.48. The number of esters is 1. The third kappa shape index (κ3) is 4.38. The molecule has 0 spiro atoms. The number of hydrogen-bond donors (Lipinski definition) is 0. The molecule has 9 heteroatoms. The molecule has 0 saturated carbocycles. The van der Waals surface area contributed by atoms with Gasteiger partial charge in [-0.2, -0.15) is 0 Å². The van der Waals surface area contributed by atoms with Gasteiger partial charge in [-0.15, -0.1) is 0 Å². The third-order valence-corrected chi connectivity index (χ3v) is 5.48. The van der Waals surface area contributed by atoms with Crippen LogP contribution in [-0.4, -0.2) is 81.8 Å². The number of rotatable bonds is 6. The molecule has 2 aliphatic heterocycles. The number of benzene rings is 1. The minimum absolute atomic E-state index is 0.0332. The summed E-state index contributed by atoms with van der Waals surface area (Å²) in [6, 6.07) is 5.08. The molecule has 0 aliphatic carbocycles. The van der Waals surface area contributed by atoms with Crippen LogP contribution in [0.5, 0.6) is 11.5 Å². The van der Waals surface area contributed by atoms with Gasteiger partial charge in [0, 0.05) is 37.9 Å². The standard InChI is InChI=1S/C20H27N3O6/c1-27-16-5-4-15(12-17(16)28-2)23-11-10-22(20(23)26)13-18(24)21-8-6-14(7-9-21)19(25)29-3/h4-5,12,14H,6-11,13H2,1-3H3. The summed E-state index contributed by atoms with van der Waals surface area (Å²) >= 11 is 0. The zero-order valence-electron chi connectivity index (χ0n) is 17.1. The van der Waals surface area contributed by atoms with E-state index < -0.39 is 0 Å². The van der Waals surface area contributed by atoms with Crippen molar-refractivity contribution in [2.24, 2.45) is 5.92 Å². The van der Waals surface area contributed by atoms with Crippen LogP contribution in [0.25, 0.3) is 0 Å². The van der Waals surface area contributed by atoms with E-state index in [4.69, 9.17) is 14.2 Å². The first kappa shape index (κ1) is 20.8. The average Bonchev–Trinajstić information content (AvgIpc) is 3.12. The van der Waals surface area contributed by atoms with Crippen LogP contribution in [0.4, 0.5) is 10.5 Å². The molecule has 1 aromatic carbocycles. The van der Waals surface area contributed by atoms with Gasteiger partial charge in [0.25, 0.3) is 0 Å². The Morgan fingerprint density at radius 1 is 1.00 bits per heavy atom. The van der Waals surface area contributed by atoms with Gasteiger partial charge in [-0.05, 0) is 25.0 Å². The summed E-state index contributed by atoms with van der Waals surface area (Å²) in [6.07, 6.45) is 1.17. The topological polar surface area (TPSA) is 88.6 Å². The molecule has 2 heterocycles. The van der Waals surface area contributed by atoms with E-state index in [0.29, 0.717) is 56.2 Å². The number of nitrogens with zero attached hydrogens (tertiary/aromatic N) is 3. The fourth-order valence-corrected chi connectivity index (χ4v) is 3.76. The van der Waals surface area contributed by atoms with E-state index in [2.05, 4.69) is 0 Å². The highest BCUT2D eigenvalue weighted by Gasteiger charge is 2.34. The SMILES string of the molecule is COC(=O)C1CCN(C(=O)CN2CCN(c3ccc(OC)c(OC)c3)C2=O)CC1. The van der Waals surface area contributed by atoms with E-state index in [-0.39, 0.29) is 30.4 Å². The largest absolute Gasteiger partial charge is 0.493 e. The van der Waals surface area contributed by atoms with Crippen molar-refractivity contribution in [3.8, 4) is 11.5 Å². The second-order valence-corrected chi connectivity index (χ2v) is 7.07. The highest BCUT2D eigenvalue weighted by Crippen LogP contribution is 2.32. The number of likely N-dealkylation sites (tertiary alicyclic amines) is 1. The van der Waals surface area contributed by atoms with Crippen LogP contribution in [0.1, 0.15) is 12.8 Å². The number of methoxy groups -OCH3 is 3. The lowest BCUT2D eigenvalue weighted by Gasteiger charge is -2.31. The molecule has 3 amide bonds. The minimum atomic E-state index is -0.225. The molecule has 2 aliphatic rings. The van der Waals surface area contributed by atoms with Crippen molar-refractivity contribution in [3.63, 3.8) is 0 Å². The molecule has 0 atom stereocenters. The summed E-state index contributed by atoms with van der Waals surface area (Å²) < 4.78 is 15.3. The van der Waals surface area contributed by atoms with E-state index in [0.717, 1.165) is 0 Å². The molecular formula is C20H27N3O6. The van der Waals surface area contributed by atoms with Gasteiger partial charge in [0.1, 0.15) is 6.54 Å². The van der Waals surface area contributed by atoms with Crippen molar-refractivity contribution in [2.75, 3.05) is 59.0 Å². The summed E-state index contributed by atoms with van der Waals surface area (Å²) in [5.74, 6) is 0.650. The maximum Gasteiger partial charge on any atom is 0.325 e. The van der Waals surface area contributed by atoms with Crippen molar-refractivity contribution in [1.29, 1.82) is 0 Å². The molecule has 29 heavy (non-hydrogen) atoms. The van der Waals surface area contributed by atoms with Gasteiger partial charge < -0.3 is 24.0 Å². The van der Waals surface area contributed by atoms with Crippen molar-refractivity contribution in [3.05, 3.63) is 18.2 Å². The third-order valence-electron chi connectivity index (χ3n) is 5.48. The molecule has 0 bridgehead atoms. The van der Waals surface area contributed by atoms with Gasteiger partial charge in [-0.3, -0.25) is 14.5 Å². The number of carbonyl (C=O) groups is 3. The average molecular weight is 405 g/mol. The van der Waals surface area contributed by atoms with E-state index in [1.807, 2.05) is 0 Å². The number of amides is 3. The Morgan fingerprint density at radius 2 is 1.69 bits per heavy atom. The van der Waals surface area contributed by atoms with Gasteiger partial charge in [-0.1, -0.05) is 0 Å². The van der Waals surface area contributed by atoms with Gasteiger partial charge in [0.05, 0.1) is 27.2 Å². The van der Waals surface area contributed by atoms with Crippen molar-refractivity contribution < 1.29 is 28.6 Å². The Morgan fingerprint density at radius 3 is 2.31 bits per heavy atom. The maximum atomic E-state index is 12.8. The predicted molar refractivity (Wildman–Crippen MR) is 105 cm³/mol. The van der Waals surface area contributed by atoms with Crippen molar-refractivity contribution in [2.45, 2.75) is 12.8 Å². The van der Waals surface area contributed by atoms with Gasteiger partial charge in [-0.25, -0.2) is 4.79 Å². The van der Waals surface area contributed by atoms with Crippen LogP contribution in [0, 0.1) is 5.92 Å². The van der Waals surface area contributed by atoms with Crippen LogP contribution in [0.15, 0.2) is 18.2 Å². The Hall–Kier alpha value is -2.97. The molecular weight excluding hydrogens is 378 g/mol. The summed E-state index contributed by atoms with van der Waals surface area (Å²) in [5.41, 5.74) is 0.696. The number of urea groups is 1. The van der Waals surface area contributed by atoms with Gasteiger partial charge in [0.2, 0.25) is 5.91 Å². The Kier molecular flexibility index (Phi) is 6.46. The molecule has 0 unspecified atom stereocenters. The second-order valence-electron chi connectivity index (χ2n) is 7.07. The Balaban J connectivity index is 1.58. The summed E-state index contributed by atoms with van der Waals surface area (Å²) in [4.78, 5) is 41.9. The molecule has 9 nitrogen and oxygen atoms in total. The maximum absolute atomic E-state index is 12.8. The van der Waals surface area contributed by atoms with Crippen LogP contribution < -0.4 is 14.4 Å². The van der Waals surface area contributed by atoms with E-state index >= 15 is 0 Å². The van der Waals surface area contributed by atoms with E-state index in [1.165, 1.54) is 7.11 Å². The quantitative estimate of drug-likeness (QED) is 0.664. The lowest BCUT2D eigenvalue weighted by atomic mass is 9.97. The highest BCUT2D eigenvalue weighted by molar-refractivity contribution is 5.96. The van der Waals surface area contributed by atoms with E-state index in [1.54, 1.807) is 47.1 Å². The zero-order chi connectivity index (χ0) is 21.0. The lowest BCUT2D eigenvalue weighted by Crippen LogP contribution is -2.46. The van der Waals surface area contributed by atoms with Crippen LogP contribution in [-0.2, 0) is 14.3 Å². The Labute approximate surface area is 170 Å². The molecule has 158 valence electrons. The predicted octanol–water partition coefficient (Wildman–Crippen LogP) is 1.36. The molecule has 2 fully saturated rings. The number of anilines is 1. The number of ether oxygens (including phenoxy) is 3. The summed E-state index contributed by atoms with van der Waals surface area (Å²) in [5, 5.41) is 0. The highest BCUT2D eigenvalue weighted by atomic mass is 16.5. The van der Waals surface area contributed by atoms with Crippen LogP contribution >= 0.6 is 0 Å². The monoisotopic (exact) mass is 405 g/mol. The van der Waals surface area contributed by atoms with Crippen molar-refractivity contribution in [1.82, 2.24) is 9.80 Å². The molecule has 2 saturated heterocycles. The molecule has 0 N–H and O–H groups in total. The fourth-order valence-electron chi connectivity index (χ4n) is 3.76. The van der Waals surface area contributed by atoms with Gasteiger partial charge in [0.15, 0.2) is 11.5 Å². The summed E-state index contributed by atoms with van der Waals surface area (Å²) in [6.45, 7) is 2.00. The van der Waals surface area contributed by atoms with E-state index in [9.17, 15) is 14.4 Å². The molecule has 0 aromatic heterocycles. The first-order valence-corrected chi connectivity index (χ1v) is 9.62. The fraction of sp³-hybridized carbons (Fsp3) is 0.550. The zero-order valence-corrected chi connectivity index (χ0v) is 17.1. The molecule has 3 rings (SSSR count). The smallest absolute Gasteiger partial charge is 0.325 e. The molecule has 1 aromatic rings. The van der Waals surface area contributed by atoms with Crippen LogP contribution in [0.3, 0.4) is 0 Å². The minimum Gasteiger partial charge on any atom is -0.493 e. The Bertz CT molecular complexity index is 775. The van der Waals surface area contributed by atoms with Gasteiger partial charge >= 0.3 is 12.0 Å². The number of carbonyl (C=O) groups excluding carboxylic acids is 3. The second kappa shape index (κ2) is 9.02.